The number of nitrogens with zero attached hydrogens (tertiary/aromatic N) is 1. The van der Waals surface area contributed by atoms with Crippen molar-refractivity contribution in [2.45, 2.75) is 13.5 Å². The second-order valence-electron chi connectivity index (χ2n) is 6.98. The molecule has 1 heterocycles. The third-order valence-electron chi connectivity index (χ3n) is 4.79. The fourth-order valence-corrected chi connectivity index (χ4v) is 3.39. The minimum absolute atomic E-state index is 0.240. The summed E-state index contributed by atoms with van der Waals surface area (Å²) in [6.07, 6.45) is 1.68. The quantitative estimate of drug-likeness (QED) is 0.338. The van der Waals surface area contributed by atoms with Crippen LogP contribution in [0.15, 0.2) is 81.9 Å². The lowest BCUT2D eigenvalue weighted by Crippen LogP contribution is -2.06. The first-order valence-electron chi connectivity index (χ1n) is 9.67. The number of benzene rings is 3. The number of carbonyl (C=O) groups is 1. The number of hydrogen-bond acceptors (Lipinski definition) is 5. The Labute approximate surface area is 189 Å². The van der Waals surface area contributed by atoms with Gasteiger partial charge in [-0.1, -0.05) is 52.3 Å². The molecule has 0 N–H and O–H groups in total. The highest BCUT2D eigenvalue weighted by Gasteiger charge is 2.25. The van der Waals surface area contributed by atoms with E-state index in [9.17, 15) is 4.79 Å². The van der Waals surface area contributed by atoms with E-state index in [1.165, 1.54) is 0 Å². The molecule has 0 aromatic heterocycles. The van der Waals surface area contributed by atoms with Gasteiger partial charge >= 0.3 is 5.97 Å². The molecular formula is C25H20BrNO4. The maximum atomic E-state index is 12.3. The third kappa shape index (κ3) is 4.86. The predicted octanol–water partition coefficient (Wildman–Crippen LogP) is 5.69. The molecule has 0 atom stereocenters. The normalized spacial score (nSPS) is 14.4. The van der Waals surface area contributed by atoms with Crippen LogP contribution in [-0.2, 0) is 16.1 Å². The van der Waals surface area contributed by atoms with Crippen LogP contribution in [0, 0.1) is 6.92 Å². The van der Waals surface area contributed by atoms with Crippen molar-refractivity contribution in [3.8, 4) is 11.5 Å². The van der Waals surface area contributed by atoms with Crippen LogP contribution >= 0.6 is 15.9 Å². The highest BCUT2D eigenvalue weighted by Crippen LogP contribution is 2.30. The highest BCUT2D eigenvalue weighted by molar-refractivity contribution is 9.10. The van der Waals surface area contributed by atoms with E-state index in [-0.39, 0.29) is 5.70 Å². The highest BCUT2D eigenvalue weighted by atomic mass is 79.9. The summed E-state index contributed by atoms with van der Waals surface area (Å²) in [4.78, 5) is 16.7. The number of hydrogen-bond donors (Lipinski definition) is 0. The van der Waals surface area contributed by atoms with Crippen LogP contribution in [-0.4, -0.2) is 19.0 Å². The van der Waals surface area contributed by atoms with Gasteiger partial charge in [-0.05, 0) is 60.0 Å². The molecular weight excluding hydrogens is 458 g/mol. The zero-order valence-corrected chi connectivity index (χ0v) is 18.7. The molecule has 3 aromatic carbocycles. The number of carbonyl (C=O) groups excluding carboxylic acids is 1. The van der Waals surface area contributed by atoms with Crippen LogP contribution in [0.5, 0.6) is 11.5 Å². The maximum absolute atomic E-state index is 12.3. The first-order chi connectivity index (χ1) is 15.0. The predicted molar refractivity (Wildman–Crippen MR) is 123 cm³/mol. The van der Waals surface area contributed by atoms with Crippen LogP contribution in [0.4, 0.5) is 0 Å². The summed E-state index contributed by atoms with van der Waals surface area (Å²) < 4.78 is 17.8. The van der Waals surface area contributed by atoms with Crippen LogP contribution < -0.4 is 9.47 Å². The maximum Gasteiger partial charge on any atom is 0.363 e. The molecule has 0 bridgehead atoms. The molecule has 0 fully saturated rings. The molecule has 6 heteroatoms. The molecule has 0 saturated heterocycles. The Morgan fingerprint density at radius 3 is 2.55 bits per heavy atom. The standard InChI is InChI=1S/C25H20BrNO4/c1-16-5-3-4-6-20(16)24-27-21(25(28)31-24)13-18-9-12-22(23(14-18)29-2)30-15-17-7-10-19(26)11-8-17/h3-14H,15H2,1-2H3/b21-13-. The van der Waals surface area contributed by atoms with Crippen molar-refractivity contribution in [3.63, 3.8) is 0 Å². The SMILES string of the molecule is COc1cc(/C=C2\N=C(c3ccccc3C)OC2=O)ccc1OCc1ccc(Br)cc1. The van der Waals surface area contributed by atoms with Gasteiger partial charge in [0.05, 0.1) is 7.11 Å². The molecule has 1 aliphatic heterocycles. The average molecular weight is 478 g/mol. The Kier molecular flexibility index (Phi) is 6.18. The summed E-state index contributed by atoms with van der Waals surface area (Å²) in [5.74, 6) is 1.02. The number of halogens is 1. The van der Waals surface area contributed by atoms with Crippen LogP contribution in [0.25, 0.3) is 6.08 Å². The van der Waals surface area contributed by atoms with Crippen molar-refractivity contribution in [3.05, 3.63) is 99.2 Å². The zero-order chi connectivity index (χ0) is 21.8. The minimum atomic E-state index is -0.479. The number of cyclic esters (lactones) is 1. The van der Waals surface area contributed by atoms with Crippen molar-refractivity contribution < 1.29 is 19.0 Å². The first kappa shape index (κ1) is 20.9. The third-order valence-corrected chi connectivity index (χ3v) is 5.32. The van der Waals surface area contributed by atoms with Gasteiger partial charge in [0.1, 0.15) is 6.61 Å². The molecule has 0 saturated carbocycles. The molecule has 3 aromatic rings. The van der Waals surface area contributed by atoms with Gasteiger partial charge in [0.2, 0.25) is 5.90 Å². The van der Waals surface area contributed by atoms with Crippen molar-refractivity contribution in [2.75, 3.05) is 7.11 Å². The van der Waals surface area contributed by atoms with Gasteiger partial charge in [0.15, 0.2) is 17.2 Å². The summed E-state index contributed by atoms with van der Waals surface area (Å²) in [5.41, 5.74) is 3.83. The number of rotatable bonds is 6. The van der Waals surface area contributed by atoms with Crippen molar-refractivity contribution in [1.29, 1.82) is 0 Å². The molecule has 0 aliphatic carbocycles. The fourth-order valence-electron chi connectivity index (χ4n) is 3.13. The first-order valence-corrected chi connectivity index (χ1v) is 10.5. The van der Waals surface area contributed by atoms with E-state index in [2.05, 4.69) is 20.9 Å². The fraction of sp³-hybridized carbons (Fsp3) is 0.120. The number of ether oxygens (including phenoxy) is 3. The van der Waals surface area contributed by atoms with E-state index >= 15 is 0 Å². The van der Waals surface area contributed by atoms with Gasteiger partial charge in [-0.3, -0.25) is 0 Å². The van der Waals surface area contributed by atoms with Gasteiger partial charge < -0.3 is 14.2 Å². The van der Waals surface area contributed by atoms with Crippen molar-refractivity contribution in [1.82, 2.24) is 0 Å². The van der Waals surface area contributed by atoms with Crippen molar-refractivity contribution in [2.24, 2.45) is 4.99 Å². The van der Waals surface area contributed by atoms with Crippen LogP contribution in [0.1, 0.15) is 22.3 Å². The Hall–Kier alpha value is -3.38. The molecule has 0 radical (unpaired) electrons. The monoisotopic (exact) mass is 477 g/mol. The molecule has 1 aliphatic rings. The lowest BCUT2D eigenvalue weighted by atomic mass is 10.1. The number of aryl methyl sites for hydroxylation is 1. The van der Waals surface area contributed by atoms with E-state index in [1.807, 2.05) is 67.6 Å². The van der Waals surface area contributed by atoms with Gasteiger partial charge in [-0.25, -0.2) is 9.79 Å². The number of esters is 1. The average Bonchev–Trinajstić information content (AvgIpc) is 3.14. The summed E-state index contributed by atoms with van der Waals surface area (Å²) in [7, 11) is 1.58. The van der Waals surface area contributed by atoms with Gasteiger partial charge in [-0.2, -0.15) is 0 Å². The van der Waals surface area contributed by atoms with E-state index in [1.54, 1.807) is 19.3 Å². The summed E-state index contributed by atoms with van der Waals surface area (Å²) >= 11 is 3.42. The Morgan fingerprint density at radius 1 is 1.03 bits per heavy atom. The van der Waals surface area contributed by atoms with Crippen LogP contribution in [0.2, 0.25) is 0 Å². The largest absolute Gasteiger partial charge is 0.493 e. The Morgan fingerprint density at radius 2 is 1.81 bits per heavy atom. The topological polar surface area (TPSA) is 57.1 Å². The lowest BCUT2D eigenvalue weighted by Gasteiger charge is -2.11. The van der Waals surface area contributed by atoms with E-state index in [0.29, 0.717) is 24.0 Å². The summed E-state index contributed by atoms with van der Waals surface area (Å²) in [6, 6.07) is 21.0. The second kappa shape index (κ2) is 9.18. The van der Waals surface area contributed by atoms with Gasteiger partial charge in [0.25, 0.3) is 0 Å². The minimum Gasteiger partial charge on any atom is -0.493 e. The molecule has 156 valence electrons. The number of aliphatic imine (C=N–C) groups is 1. The van der Waals surface area contributed by atoms with Crippen molar-refractivity contribution >= 4 is 33.9 Å². The smallest absolute Gasteiger partial charge is 0.363 e. The van der Waals surface area contributed by atoms with E-state index < -0.39 is 5.97 Å². The van der Waals surface area contributed by atoms with Gasteiger partial charge in [0, 0.05) is 10.0 Å². The van der Waals surface area contributed by atoms with E-state index in [4.69, 9.17) is 14.2 Å². The zero-order valence-electron chi connectivity index (χ0n) is 17.1. The van der Waals surface area contributed by atoms with E-state index in [0.717, 1.165) is 26.7 Å². The van der Waals surface area contributed by atoms with Crippen LogP contribution in [0.3, 0.4) is 0 Å². The Balaban J connectivity index is 1.54. The molecule has 0 amide bonds. The lowest BCUT2D eigenvalue weighted by molar-refractivity contribution is -0.129. The molecule has 4 rings (SSSR count). The van der Waals surface area contributed by atoms with Gasteiger partial charge in [-0.15, -0.1) is 0 Å². The molecule has 0 unspecified atom stereocenters. The molecule has 5 nitrogen and oxygen atoms in total. The second-order valence-corrected chi connectivity index (χ2v) is 7.89. The Bertz CT molecular complexity index is 1180. The summed E-state index contributed by atoms with van der Waals surface area (Å²) in [5, 5.41) is 0. The molecule has 0 spiro atoms. The number of methoxy groups -OCH3 is 1. The summed E-state index contributed by atoms with van der Waals surface area (Å²) in [6.45, 7) is 2.37. The molecule has 31 heavy (non-hydrogen) atoms.